The van der Waals surface area contributed by atoms with E-state index in [1.54, 1.807) is 18.2 Å². The molecule has 0 bridgehead atoms. The molecule has 2 aromatic carbocycles. The molecule has 2 aromatic heterocycles. The first-order valence-electron chi connectivity index (χ1n) is 7.75. The minimum absolute atomic E-state index is 0.0208. The number of aryl methyl sites for hydroxylation is 1. The number of benzene rings is 2. The highest BCUT2D eigenvalue weighted by atomic mass is 32.1. The van der Waals surface area contributed by atoms with Crippen LogP contribution in [0.3, 0.4) is 0 Å². The molecule has 0 N–H and O–H groups in total. The van der Waals surface area contributed by atoms with E-state index in [1.807, 2.05) is 31.2 Å². The normalized spacial score (nSPS) is 12.0. The number of non-ortho nitro benzene ring substituents is 1. The summed E-state index contributed by atoms with van der Waals surface area (Å²) in [6.45, 7) is 1.96. The third-order valence-electron chi connectivity index (χ3n) is 3.95. The van der Waals surface area contributed by atoms with Gasteiger partial charge in [0.1, 0.15) is 0 Å². The zero-order valence-electron chi connectivity index (χ0n) is 13.6. The molecular weight excluding hydrogens is 352 g/mol. The SMILES string of the molecule is Cc1ccccc1-c1nc2s/c(=C\c3cccc([N+](=O)[O-])c3)c(=O)n2n1. The summed E-state index contributed by atoms with van der Waals surface area (Å²) in [6, 6.07) is 13.8. The van der Waals surface area contributed by atoms with Crippen molar-refractivity contribution in [1.82, 2.24) is 14.6 Å². The lowest BCUT2D eigenvalue weighted by Gasteiger charge is -1.98. The van der Waals surface area contributed by atoms with E-state index < -0.39 is 4.92 Å². The van der Waals surface area contributed by atoms with Gasteiger partial charge in [-0.2, -0.15) is 9.50 Å². The fourth-order valence-electron chi connectivity index (χ4n) is 2.65. The predicted octanol–water partition coefficient (Wildman–Crippen LogP) is 2.58. The molecule has 4 aromatic rings. The monoisotopic (exact) mass is 364 g/mol. The van der Waals surface area contributed by atoms with Gasteiger partial charge in [-0.1, -0.05) is 47.7 Å². The molecule has 4 rings (SSSR count). The second kappa shape index (κ2) is 6.16. The Morgan fingerprint density at radius 3 is 2.73 bits per heavy atom. The first-order chi connectivity index (χ1) is 12.5. The number of hydrogen-bond donors (Lipinski definition) is 0. The van der Waals surface area contributed by atoms with E-state index in [1.165, 1.54) is 28.0 Å². The van der Waals surface area contributed by atoms with Gasteiger partial charge >= 0.3 is 0 Å². The summed E-state index contributed by atoms with van der Waals surface area (Å²) in [7, 11) is 0. The van der Waals surface area contributed by atoms with Crippen LogP contribution in [0.5, 0.6) is 0 Å². The van der Waals surface area contributed by atoms with E-state index in [0.717, 1.165) is 11.1 Å². The van der Waals surface area contributed by atoms with Crippen molar-refractivity contribution in [3.05, 3.63) is 84.7 Å². The lowest BCUT2D eigenvalue weighted by molar-refractivity contribution is -0.384. The van der Waals surface area contributed by atoms with Crippen molar-refractivity contribution in [2.45, 2.75) is 6.92 Å². The molecule has 2 heterocycles. The van der Waals surface area contributed by atoms with Crippen LogP contribution < -0.4 is 10.1 Å². The summed E-state index contributed by atoms with van der Waals surface area (Å²) in [5.41, 5.74) is 2.19. The number of aromatic nitrogens is 3. The highest BCUT2D eigenvalue weighted by Crippen LogP contribution is 2.20. The Hall–Kier alpha value is -3.39. The summed E-state index contributed by atoms with van der Waals surface area (Å²) >= 11 is 1.21. The maximum absolute atomic E-state index is 12.6. The van der Waals surface area contributed by atoms with Crippen LogP contribution in [0, 0.1) is 17.0 Å². The second-order valence-electron chi connectivity index (χ2n) is 5.71. The average Bonchev–Trinajstić information content (AvgIpc) is 3.16. The van der Waals surface area contributed by atoms with Crippen LogP contribution in [0.25, 0.3) is 22.4 Å². The van der Waals surface area contributed by atoms with Crippen molar-refractivity contribution in [3.63, 3.8) is 0 Å². The van der Waals surface area contributed by atoms with Gasteiger partial charge < -0.3 is 0 Å². The Morgan fingerprint density at radius 2 is 2.00 bits per heavy atom. The summed E-state index contributed by atoms with van der Waals surface area (Å²) in [6.07, 6.45) is 1.61. The molecule has 7 nitrogen and oxygen atoms in total. The lowest BCUT2D eigenvalue weighted by atomic mass is 10.1. The number of nitro benzene ring substituents is 1. The first-order valence-corrected chi connectivity index (χ1v) is 8.56. The van der Waals surface area contributed by atoms with Crippen LogP contribution in [0.15, 0.2) is 53.3 Å². The average molecular weight is 364 g/mol. The standard InChI is InChI=1S/C18H12N4O3S/c1-11-5-2-3-8-14(11)16-19-18-21(20-16)17(23)15(26-18)10-12-6-4-7-13(9-12)22(24)25/h2-10H,1H3/b15-10-. The highest BCUT2D eigenvalue weighted by molar-refractivity contribution is 7.15. The summed E-state index contributed by atoms with van der Waals surface area (Å²) < 4.78 is 1.70. The Morgan fingerprint density at radius 1 is 1.19 bits per heavy atom. The van der Waals surface area contributed by atoms with Crippen LogP contribution in [-0.4, -0.2) is 19.5 Å². The topological polar surface area (TPSA) is 90.4 Å². The van der Waals surface area contributed by atoms with Gasteiger partial charge in [0.05, 0.1) is 9.46 Å². The van der Waals surface area contributed by atoms with Crippen molar-refractivity contribution in [3.8, 4) is 11.4 Å². The van der Waals surface area contributed by atoms with Gasteiger partial charge in [-0.25, -0.2) is 0 Å². The van der Waals surface area contributed by atoms with E-state index in [0.29, 0.717) is 20.9 Å². The Labute approximate surface area is 151 Å². The molecule has 8 heteroatoms. The Bertz CT molecular complexity index is 1260. The van der Waals surface area contributed by atoms with E-state index in [4.69, 9.17) is 0 Å². The molecule has 0 unspecified atom stereocenters. The number of nitrogens with zero attached hydrogens (tertiary/aromatic N) is 4. The molecule has 0 aliphatic carbocycles. The molecule has 0 aliphatic rings. The van der Waals surface area contributed by atoms with Crippen LogP contribution in [-0.2, 0) is 0 Å². The van der Waals surface area contributed by atoms with Crippen LogP contribution in [0.4, 0.5) is 5.69 Å². The van der Waals surface area contributed by atoms with Crippen molar-refractivity contribution < 1.29 is 4.92 Å². The fourth-order valence-corrected chi connectivity index (χ4v) is 3.56. The first kappa shape index (κ1) is 16.1. The molecule has 0 saturated heterocycles. The third-order valence-corrected chi connectivity index (χ3v) is 4.91. The van der Waals surface area contributed by atoms with E-state index in [-0.39, 0.29) is 11.2 Å². The highest BCUT2D eigenvalue weighted by Gasteiger charge is 2.13. The summed E-state index contributed by atoms with van der Waals surface area (Å²) in [5, 5.41) is 15.2. The minimum Gasteiger partial charge on any atom is -0.266 e. The summed E-state index contributed by atoms with van der Waals surface area (Å²) in [4.78, 5) is 27.9. The second-order valence-corrected chi connectivity index (χ2v) is 6.72. The van der Waals surface area contributed by atoms with Gasteiger partial charge in [0.2, 0.25) is 4.96 Å². The van der Waals surface area contributed by atoms with Crippen LogP contribution >= 0.6 is 11.3 Å². The van der Waals surface area contributed by atoms with Gasteiger partial charge in [-0.05, 0) is 24.1 Å². The molecule has 26 heavy (non-hydrogen) atoms. The summed E-state index contributed by atoms with van der Waals surface area (Å²) in [5.74, 6) is 0.508. The van der Waals surface area contributed by atoms with Gasteiger partial charge in [0.15, 0.2) is 5.82 Å². The molecular formula is C18H12N4O3S. The molecule has 0 atom stereocenters. The Balaban J connectivity index is 1.82. The molecule has 0 saturated carbocycles. The largest absolute Gasteiger partial charge is 0.291 e. The molecule has 128 valence electrons. The van der Waals surface area contributed by atoms with Gasteiger partial charge in [-0.3, -0.25) is 14.9 Å². The molecule has 0 radical (unpaired) electrons. The predicted molar refractivity (Wildman–Crippen MR) is 99.2 cm³/mol. The van der Waals surface area contributed by atoms with Gasteiger partial charge in [-0.15, -0.1) is 5.10 Å². The van der Waals surface area contributed by atoms with Crippen molar-refractivity contribution in [2.24, 2.45) is 0 Å². The van der Waals surface area contributed by atoms with Crippen molar-refractivity contribution in [2.75, 3.05) is 0 Å². The molecule has 0 amide bonds. The van der Waals surface area contributed by atoms with E-state index >= 15 is 0 Å². The number of rotatable bonds is 3. The molecule has 0 spiro atoms. The van der Waals surface area contributed by atoms with Crippen molar-refractivity contribution in [1.29, 1.82) is 0 Å². The van der Waals surface area contributed by atoms with E-state index in [9.17, 15) is 14.9 Å². The number of fused-ring (bicyclic) bond motifs is 1. The molecule has 0 aliphatic heterocycles. The van der Waals surface area contributed by atoms with E-state index in [2.05, 4.69) is 10.1 Å². The number of nitro groups is 1. The maximum atomic E-state index is 12.6. The van der Waals surface area contributed by atoms with Crippen LogP contribution in [0.1, 0.15) is 11.1 Å². The number of hydrogen-bond acceptors (Lipinski definition) is 6. The fraction of sp³-hybridized carbons (Fsp3) is 0.0556. The smallest absolute Gasteiger partial charge is 0.266 e. The maximum Gasteiger partial charge on any atom is 0.291 e. The zero-order valence-corrected chi connectivity index (χ0v) is 14.4. The zero-order chi connectivity index (χ0) is 18.3. The quantitative estimate of drug-likeness (QED) is 0.412. The number of thiazole rings is 1. The van der Waals surface area contributed by atoms with Gasteiger partial charge in [0, 0.05) is 17.7 Å². The van der Waals surface area contributed by atoms with Crippen LogP contribution in [0.2, 0.25) is 0 Å². The van der Waals surface area contributed by atoms with Gasteiger partial charge in [0.25, 0.3) is 11.2 Å². The third kappa shape index (κ3) is 2.76. The minimum atomic E-state index is -0.466. The van der Waals surface area contributed by atoms with Crippen molar-refractivity contribution >= 4 is 28.1 Å². The lowest BCUT2D eigenvalue weighted by Crippen LogP contribution is -2.23. The molecule has 0 fully saturated rings. The Kier molecular flexibility index (Phi) is 3.81.